The number of halogens is 2. The fourth-order valence-corrected chi connectivity index (χ4v) is 3.67. The van der Waals surface area contributed by atoms with E-state index in [0.29, 0.717) is 60.4 Å². The molecule has 2 aromatic carbocycles. The maximum Gasteiger partial charge on any atom is 0.409 e. The highest BCUT2D eigenvalue weighted by molar-refractivity contribution is 6.30. The van der Waals surface area contributed by atoms with E-state index >= 15 is 0 Å². The Balaban J connectivity index is 1.63. The van der Waals surface area contributed by atoms with Crippen LogP contribution in [0.1, 0.15) is 17.4 Å². The molecule has 4 rings (SSSR count). The second-order valence-corrected chi connectivity index (χ2v) is 7.72. The minimum Gasteiger partial charge on any atom is -0.450 e. The third kappa shape index (κ3) is 4.60. The summed E-state index contributed by atoms with van der Waals surface area (Å²) in [4.78, 5) is 28.6. The zero-order valence-electron chi connectivity index (χ0n) is 17.5. The average molecular weight is 457 g/mol. The first kappa shape index (κ1) is 21.8. The second-order valence-electron chi connectivity index (χ2n) is 7.29. The van der Waals surface area contributed by atoms with Gasteiger partial charge in [-0.25, -0.2) is 13.9 Å². The van der Waals surface area contributed by atoms with Gasteiger partial charge < -0.3 is 14.5 Å². The Morgan fingerprint density at radius 3 is 2.25 bits per heavy atom. The van der Waals surface area contributed by atoms with Crippen LogP contribution in [-0.4, -0.2) is 64.4 Å². The van der Waals surface area contributed by atoms with Crippen molar-refractivity contribution < 1.29 is 18.7 Å². The Kier molecular flexibility index (Phi) is 6.41. The molecule has 0 radical (unpaired) electrons. The molecule has 0 unspecified atom stereocenters. The van der Waals surface area contributed by atoms with Crippen LogP contribution < -0.4 is 0 Å². The number of nitrogens with zero attached hydrogens (tertiary/aromatic N) is 4. The molecule has 1 aliphatic heterocycles. The van der Waals surface area contributed by atoms with E-state index in [2.05, 4.69) is 5.10 Å². The maximum atomic E-state index is 13.4. The number of benzene rings is 2. The van der Waals surface area contributed by atoms with Gasteiger partial charge >= 0.3 is 6.09 Å². The van der Waals surface area contributed by atoms with Crippen molar-refractivity contribution in [1.29, 1.82) is 0 Å². The van der Waals surface area contributed by atoms with Gasteiger partial charge in [0.05, 0.1) is 18.0 Å². The highest BCUT2D eigenvalue weighted by Crippen LogP contribution is 2.24. The largest absolute Gasteiger partial charge is 0.450 e. The van der Waals surface area contributed by atoms with E-state index in [-0.39, 0.29) is 17.8 Å². The lowest BCUT2D eigenvalue weighted by atomic mass is 10.1. The topological polar surface area (TPSA) is 67.7 Å². The van der Waals surface area contributed by atoms with Gasteiger partial charge in [-0.15, -0.1) is 0 Å². The Bertz CT molecular complexity index is 1110. The third-order valence-electron chi connectivity index (χ3n) is 5.23. The summed E-state index contributed by atoms with van der Waals surface area (Å²) < 4.78 is 20.0. The van der Waals surface area contributed by atoms with Crippen molar-refractivity contribution >= 4 is 23.6 Å². The number of rotatable bonds is 4. The van der Waals surface area contributed by atoms with Crippen LogP contribution in [0.2, 0.25) is 5.02 Å². The van der Waals surface area contributed by atoms with Crippen LogP contribution in [0.4, 0.5) is 9.18 Å². The molecule has 166 valence electrons. The van der Waals surface area contributed by atoms with Crippen molar-refractivity contribution in [3.05, 3.63) is 71.1 Å². The normalized spacial score (nSPS) is 13.8. The minimum atomic E-state index is -0.371. The van der Waals surface area contributed by atoms with Crippen LogP contribution >= 0.6 is 11.6 Å². The molecule has 0 N–H and O–H groups in total. The van der Waals surface area contributed by atoms with Crippen molar-refractivity contribution in [3.63, 3.8) is 0 Å². The summed E-state index contributed by atoms with van der Waals surface area (Å²) in [5, 5.41) is 5.18. The minimum absolute atomic E-state index is 0.204. The molecular formula is C23H22ClFN4O3. The van der Waals surface area contributed by atoms with Gasteiger partial charge in [-0.2, -0.15) is 5.10 Å². The van der Waals surface area contributed by atoms with E-state index in [1.807, 2.05) is 0 Å². The van der Waals surface area contributed by atoms with Gasteiger partial charge in [-0.3, -0.25) is 4.79 Å². The Morgan fingerprint density at radius 1 is 1.00 bits per heavy atom. The van der Waals surface area contributed by atoms with Gasteiger partial charge in [-0.1, -0.05) is 11.6 Å². The number of hydrogen-bond acceptors (Lipinski definition) is 4. The number of piperazine rings is 1. The summed E-state index contributed by atoms with van der Waals surface area (Å²) in [5.41, 5.74) is 2.29. The van der Waals surface area contributed by atoms with Crippen molar-refractivity contribution in [2.24, 2.45) is 0 Å². The van der Waals surface area contributed by atoms with Crippen LogP contribution in [0.5, 0.6) is 0 Å². The molecule has 2 heterocycles. The van der Waals surface area contributed by atoms with Crippen LogP contribution in [0, 0.1) is 5.82 Å². The molecule has 3 aromatic rings. The molecule has 0 saturated carbocycles. The fourth-order valence-electron chi connectivity index (χ4n) is 3.54. The van der Waals surface area contributed by atoms with Gasteiger partial charge in [0, 0.05) is 36.8 Å². The van der Waals surface area contributed by atoms with E-state index in [1.54, 1.807) is 63.9 Å². The highest BCUT2D eigenvalue weighted by atomic mass is 35.5. The number of carbonyl (C=O) groups is 2. The van der Waals surface area contributed by atoms with Crippen molar-refractivity contribution in [2.75, 3.05) is 32.8 Å². The Morgan fingerprint density at radius 2 is 1.62 bits per heavy atom. The average Bonchev–Trinajstić information content (AvgIpc) is 3.25. The third-order valence-corrected chi connectivity index (χ3v) is 5.48. The van der Waals surface area contributed by atoms with Crippen LogP contribution in [0.15, 0.2) is 54.6 Å². The van der Waals surface area contributed by atoms with Crippen molar-refractivity contribution in [3.8, 4) is 16.9 Å². The first-order valence-corrected chi connectivity index (χ1v) is 10.7. The molecule has 2 amide bonds. The first-order chi connectivity index (χ1) is 15.5. The summed E-state index contributed by atoms with van der Waals surface area (Å²) in [6, 6.07) is 14.7. The first-order valence-electron chi connectivity index (χ1n) is 10.3. The lowest BCUT2D eigenvalue weighted by Crippen LogP contribution is -2.51. The predicted octanol–water partition coefficient (Wildman–Crippen LogP) is 4.25. The van der Waals surface area contributed by atoms with E-state index < -0.39 is 0 Å². The summed E-state index contributed by atoms with van der Waals surface area (Å²) in [6.45, 7) is 3.62. The monoisotopic (exact) mass is 456 g/mol. The number of hydrogen-bond donors (Lipinski definition) is 0. The number of aromatic nitrogens is 2. The van der Waals surface area contributed by atoms with Gasteiger partial charge in [0.2, 0.25) is 0 Å². The van der Waals surface area contributed by atoms with Gasteiger partial charge in [0.15, 0.2) is 0 Å². The van der Waals surface area contributed by atoms with E-state index in [9.17, 15) is 14.0 Å². The van der Waals surface area contributed by atoms with Gasteiger partial charge in [0.25, 0.3) is 5.91 Å². The molecule has 0 bridgehead atoms. The molecule has 32 heavy (non-hydrogen) atoms. The van der Waals surface area contributed by atoms with Crippen LogP contribution in [0.25, 0.3) is 16.9 Å². The van der Waals surface area contributed by atoms with E-state index in [0.717, 1.165) is 0 Å². The Labute approximate surface area is 189 Å². The lowest BCUT2D eigenvalue weighted by Gasteiger charge is -2.34. The standard InChI is InChI=1S/C23H22ClFN4O3/c1-2-32-23(31)28-13-11-27(12-14-28)22(30)21-15-20(16-3-7-18(25)8-4-16)26-29(21)19-9-5-17(24)6-10-19/h3-10,15H,2,11-14H2,1H3. The molecule has 1 saturated heterocycles. The molecule has 1 fully saturated rings. The lowest BCUT2D eigenvalue weighted by molar-refractivity contribution is 0.0563. The smallest absolute Gasteiger partial charge is 0.409 e. The molecule has 9 heteroatoms. The van der Waals surface area contributed by atoms with E-state index in [4.69, 9.17) is 16.3 Å². The van der Waals surface area contributed by atoms with Crippen molar-refractivity contribution in [1.82, 2.24) is 19.6 Å². The summed E-state index contributed by atoms with van der Waals surface area (Å²) >= 11 is 6.02. The Hall–Kier alpha value is -3.39. The number of ether oxygens (including phenoxy) is 1. The molecular weight excluding hydrogens is 435 g/mol. The molecule has 0 atom stereocenters. The highest BCUT2D eigenvalue weighted by Gasteiger charge is 2.28. The maximum absolute atomic E-state index is 13.4. The zero-order valence-corrected chi connectivity index (χ0v) is 18.3. The van der Waals surface area contributed by atoms with Crippen LogP contribution in [-0.2, 0) is 4.74 Å². The number of carbonyl (C=O) groups excluding carboxylic acids is 2. The molecule has 7 nitrogen and oxygen atoms in total. The zero-order chi connectivity index (χ0) is 22.7. The van der Waals surface area contributed by atoms with Gasteiger partial charge in [0.1, 0.15) is 11.5 Å². The van der Waals surface area contributed by atoms with E-state index in [1.165, 1.54) is 12.1 Å². The molecule has 0 spiro atoms. The van der Waals surface area contributed by atoms with Crippen LogP contribution in [0.3, 0.4) is 0 Å². The SMILES string of the molecule is CCOC(=O)N1CCN(C(=O)c2cc(-c3ccc(F)cc3)nn2-c2ccc(Cl)cc2)CC1. The fraction of sp³-hybridized carbons (Fsp3) is 0.261. The van der Waals surface area contributed by atoms with Crippen molar-refractivity contribution in [2.45, 2.75) is 6.92 Å². The summed E-state index contributed by atoms with van der Waals surface area (Å²) in [5.74, 6) is -0.550. The summed E-state index contributed by atoms with van der Waals surface area (Å²) in [7, 11) is 0. The molecule has 1 aromatic heterocycles. The molecule has 0 aliphatic carbocycles. The quantitative estimate of drug-likeness (QED) is 0.588. The molecule has 1 aliphatic rings. The predicted molar refractivity (Wildman–Crippen MR) is 118 cm³/mol. The second kappa shape index (κ2) is 9.40. The van der Waals surface area contributed by atoms with Gasteiger partial charge in [-0.05, 0) is 61.5 Å². The summed E-state index contributed by atoms with van der Waals surface area (Å²) in [6.07, 6.45) is -0.371. The number of amides is 2.